The van der Waals surface area contributed by atoms with Crippen LogP contribution in [0.2, 0.25) is 10.0 Å². The van der Waals surface area contributed by atoms with Gasteiger partial charge in [0.2, 0.25) is 0 Å². The molecule has 0 spiro atoms. The van der Waals surface area contributed by atoms with Crippen LogP contribution in [0.5, 0.6) is 11.5 Å². The van der Waals surface area contributed by atoms with E-state index in [0.717, 1.165) is 15.6 Å². The van der Waals surface area contributed by atoms with Crippen molar-refractivity contribution in [3.63, 3.8) is 0 Å². The van der Waals surface area contributed by atoms with Gasteiger partial charge in [-0.25, -0.2) is 0 Å². The lowest BCUT2D eigenvalue weighted by Gasteiger charge is -2.16. The van der Waals surface area contributed by atoms with Crippen LogP contribution in [0.15, 0.2) is 34.8 Å². The second-order valence-corrected chi connectivity index (χ2v) is 6.95. The van der Waals surface area contributed by atoms with Gasteiger partial charge in [0.15, 0.2) is 11.5 Å². The fourth-order valence-electron chi connectivity index (χ4n) is 2.19. The van der Waals surface area contributed by atoms with Crippen molar-refractivity contribution >= 4 is 39.1 Å². The molecule has 2 N–H and O–H groups in total. The summed E-state index contributed by atoms with van der Waals surface area (Å²) in [5, 5.41) is 13.2. The lowest BCUT2D eigenvalue weighted by atomic mass is 10.2. The smallest absolute Gasteiger partial charge is 0.162 e. The lowest BCUT2D eigenvalue weighted by molar-refractivity contribution is 0.268. The largest absolute Gasteiger partial charge is 0.490 e. The molecule has 7 heteroatoms. The van der Waals surface area contributed by atoms with Gasteiger partial charge in [0.1, 0.15) is 6.61 Å². The summed E-state index contributed by atoms with van der Waals surface area (Å²) < 4.78 is 12.5. The maximum Gasteiger partial charge on any atom is 0.162 e. The number of hydrogen-bond acceptors (Lipinski definition) is 4. The van der Waals surface area contributed by atoms with Crippen molar-refractivity contribution in [2.75, 3.05) is 19.8 Å². The zero-order valence-corrected chi connectivity index (χ0v) is 16.9. The Labute approximate surface area is 166 Å². The van der Waals surface area contributed by atoms with Crippen LogP contribution < -0.4 is 14.8 Å². The van der Waals surface area contributed by atoms with E-state index in [1.165, 1.54) is 0 Å². The van der Waals surface area contributed by atoms with Gasteiger partial charge in [-0.2, -0.15) is 0 Å². The lowest BCUT2D eigenvalue weighted by Crippen LogP contribution is -2.17. The number of hydrogen-bond donors (Lipinski definition) is 2. The highest BCUT2D eigenvalue weighted by molar-refractivity contribution is 9.10. The molecule has 2 aromatic rings. The van der Waals surface area contributed by atoms with Crippen LogP contribution in [0.25, 0.3) is 0 Å². The number of ether oxygens (including phenoxy) is 2. The third-order valence-corrected chi connectivity index (χ3v) is 4.74. The Morgan fingerprint density at radius 1 is 1.08 bits per heavy atom. The molecule has 0 aromatic heterocycles. The third-order valence-electron chi connectivity index (χ3n) is 3.41. The van der Waals surface area contributed by atoms with E-state index in [-0.39, 0.29) is 6.61 Å². The predicted octanol–water partition coefficient (Wildman–Crippen LogP) is 4.82. The van der Waals surface area contributed by atoms with Crippen molar-refractivity contribution in [3.8, 4) is 11.5 Å². The highest BCUT2D eigenvalue weighted by atomic mass is 79.9. The van der Waals surface area contributed by atoms with Crippen LogP contribution in [-0.2, 0) is 13.2 Å². The van der Waals surface area contributed by atoms with Gasteiger partial charge in [0.05, 0.1) is 13.2 Å². The van der Waals surface area contributed by atoms with Crippen molar-refractivity contribution in [1.29, 1.82) is 0 Å². The van der Waals surface area contributed by atoms with Gasteiger partial charge in [-0.3, -0.25) is 0 Å². The third kappa shape index (κ3) is 6.04. The SMILES string of the molecule is CCOc1cc(CNCCO)c(Br)cc1OCc1ccc(Cl)cc1Cl. The van der Waals surface area contributed by atoms with Crippen LogP contribution in [-0.4, -0.2) is 24.9 Å². The quantitative estimate of drug-likeness (QED) is 0.540. The standard InChI is InChI=1S/C18H20BrCl2NO3/c1-2-24-17-7-13(10-22-5-6-23)15(19)9-18(17)25-11-12-3-4-14(20)8-16(12)21/h3-4,7-9,22-23H,2,5-6,10-11H2,1H3. The number of aliphatic hydroxyl groups excluding tert-OH is 1. The molecule has 0 radical (unpaired) electrons. The molecule has 2 rings (SSSR count). The molecule has 25 heavy (non-hydrogen) atoms. The Balaban J connectivity index is 2.16. The fraction of sp³-hybridized carbons (Fsp3) is 0.333. The molecule has 2 aromatic carbocycles. The van der Waals surface area contributed by atoms with Gasteiger partial charge in [0.25, 0.3) is 0 Å². The average Bonchev–Trinajstić information content (AvgIpc) is 2.57. The van der Waals surface area contributed by atoms with Crippen molar-refractivity contribution in [2.24, 2.45) is 0 Å². The first kappa shape index (κ1) is 20.3. The summed E-state index contributed by atoms with van der Waals surface area (Å²) in [5.41, 5.74) is 1.87. The molecule has 0 aliphatic rings. The zero-order chi connectivity index (χ0) is 18.2. The van der Waals surface area contributed by atoms with E-state index in [4.69, 9.17) is 37.8 Å². The van der Waals surface area contributed by atoms with E-state index >= 15 is 0 Å². The van der Waals surface area contributed by atoms with E-state index in [9.17, 15) is 0 Å². The van der Waals surface area contributed by atoms with Crippen molar-refractivity contribution in [2.45, 2.75) is 20.1 Å². The van der Waals surface area contributed by atoms with Crippen LogP contribution >= 0.6 is 39.1 Å². The summed E-state index contributed by atoms with van der Waals surface area (Å²) in [6.45, 7) is 4.01. The van der Waals surface area contributed by atoms with Gasteiger partial charge in [-0.05, 0) is 36.8 Å². The van der Waals surface area contributed by atoms with Crippen LogP contribution in [0.3, 0.4) is 0 Å². The van der Waals surface area contributed by atoms with Gasteiger partial charge >= 0.3 is 0 Å². The zero-order valence-electron chi connectivity index (χ0n) is 13.8. The van der Waals surface area contributed by atoms with Gasteiger partial charge in [0, 0.05) is 33.2 Å². The Kier molecular flexibility index (Phi) is 8.33. The maximum absolute atomic E-state index is 8.88. The van der Waals surface area contributed by atoms with Gasteiger partial charge in [-0.15, -0.1) is 0 Å². The minimum atomic E-state index is 0.0962. The molecule has 136 valence electrons. The number of aliphatic hydroxyl groups is 1. The van der Waals surface area contributed by atoms with E-state index in [1.807, 2.05) is 25.1 Å². The van der Waals surface area contributed by atoms with Crippen molar-refractivity contribution in [3.05, 3.63) is 56.0 Å². The second kappa shape index (κ2) is 10.2. The van der Waals surface area contributed by atoms with Crippen LogP contribution in [0, 0.1) is 0 Å². The highest BCUT2D eigenvalue weighted by Gasteiger charge is 2.12. The fourth-order valence-corrected chi connectivity index (χ4v) is 3.12. The average molecular weight is 449 g/mol. The molecule has 0 atom stereocenters. The Bertz CT molecular complexity index is 713. The minimum absolute atomic E-state index is 0.0962. The Morgan fingerprint density at radius 3 is 2.52 bits per heavy atom. The van der Waals surface area contributed by atoms with E-state index in [1.54, 1.807) is 12.1 Å². The monoisotopic (exact) mass is 447 g/mol. The van der Waals surface area contributed by atoms with E-state index in [0.29, 0.717) is 47.8 Å². The molecule has 0 heterocycles. The molecule has 0 aliphatic heterocycles. The van der Waals surface area contributed by atoms with Crippen molar-refractivity contribution in [1.82, 2.24) is 5.32 Å². The predicted molar refractivity (Wildman–Crippen MR) is 105 cm³/mol. The van der Waals surface area contributed by atoms with Crippen LogP contribution in [0.1, 0.15) is 18.1 Å². The topological polar surface area (TPSA) is 50.7 Å². The molecule has 4 nitrogen and oxygen atoms in total. The summed E-state index contributed by atoms with van der Waals surface area (Å²) >= 11 is 15.7. The molecule has 0 fully saturated rings. The number of rotatable bonds is 9. The van der Waals surface area contributed by atoms with Gasteiger partial charge < -0.3 is 19.9 Å². The molecule has 0 unspecified atom stereocenters. The Hall–Kier alpha value is -0.980. The first-order chi connectivity index (χ1) is 12.0. The molecule has 0 bridgehead atoms. The van der Waals surface area contributed by atoms with E-state index < -0.39 is 0 Å². The molecule has 0 amide bonds. The van der Waals surface area contributed by atoms with Crippen molar-refractivity contribution < 1.29 is 14.6 Å². The molecule has 0 saturated carbocycles. The van der Waals surface area contributed by atoms with Gasteiger partial charge in [-0.1, -0.05) is 45.2 Å². The van der Waals surface area contributed by atoms with Crippen LogP contribution in [0.4, 0.5) is 0 Å². The number of nitrogens with one attached hydrogen (secondary N) is 1. The molecule has 0 saturated heterocycles. The number of halogens is 3. The molecular formula is C18H20BrCl2NO3. The minimum Gasteiger partial charge on any atom is -0.490 e. The summed E-state index contributed by atoms with van der Waals surface area (Å²) in [5.74, 6) is 1.29. The summed E-state index contributed by atoms with van der Waals surface area (Å²) in [7, 11) is 0. The first-order valence-electron chi connectivity index (χ1n) is 7.88. The normalized spacial score (nSPS) is 10.8. The summed E-state index contributed by atoms with van der Waals surface area (Å²) in [6.07, 6.45) is 0. The second-order valence-electron chi connectivity index (χ2n) is 5.25. The maximum atomic E-state index is 8.88. The Morgan fingerprint density at radius 2 is 1.84 bits per heavy atom. The molecule has 0 aliphatic carbocycles. The highest BCUT2D eigenvalue weighted by Crippen LogP contribution is 2.35. The molecular weight excluding hydrogens is 429 g/mol. The summed E-state index contributed by atoms with van der Waals surface area (Å²) in [4.78, 5) is 0. The number of benzene rings is 2. The summed E-state index contributed by atoms with van der Waals surface area (Å²) in [6, 6.07) is 9.12. The van der Waals surface area contributed by atoms with E-state index in [2.05, 4.69) is 21.2 Å². The first-order valence-corrected chi connectivity index (χ1v) is 9.43.